The average Bonchev–Trinajstić information content (AvgIpc) is 2.84. The molecule has 1 atom stereocenters. The zero-order valence-corrected chi connectivity index (χ0v) is 11.3. The van der Waals surface area contributed by atoms with Crippen molar-refractivity contribution in [2.45, 2.75) is 32.3 Å². The van der Waals surface area contributed by atoms with Crippen molar-refractivity contribution in [1.29, 1.82) is 0 Å². The normalized spacial score (nSPS) is 16.8. The van der Waals surface area contributed by atoms with Crippen LogP contribution in [0.5, 0.6) is 0 Å². The molecule has 104 valence electrons. The van der Waals surface area contributed by atoms with Crippen molar-refractivity contribution >= 4 is 17.5 Å². The van der Waals surface area contributed by atoms with E-state index in [1.54, 1.807) is 18.9 Å². The first kappa shape index (κ1) is 13.5. The highest BCUT2D eigenvalue weighted by Gasteiger charge is 2.33. The van der Waals surface area contributed by atoms with E-state index in [1.807, 2.05) is 0 Å². The summed E-state index contributed by atoms with van der Waals surface area (Å²) in [6, 6.07) is -0.150. The molecule has 2 rings (SSSR count). The highest BCUT2D eigenvalue weighted by atomic mass is 16.3. The van der Waals surface area contributed by atoms with Crippen LogP contribution in [0.3, 0.4) is 0 Å². The minimum Gasteiger partial charge on any atom is -0.393 e. The van der Waals surface area contributed by atoms with Gasteiger partial charge >= 0.3 is 6.03 Å². The maximum absolute atomic E-state index is 12.2. The number of aliphatic hydroxyl groups excluding tert-OH is 1. The Morgan fingerprint density at radius 3 is 2.84 bits per heavy atom. The first-order chi connectivity index (χ1) is 9.02. The molecule has 0 saturated carbocycles. The van der Waals surface area contributed by atoms with Gasteiger partial charge in [0, 0.05) is 13.6 Å². The summed E-state index contributed by atoms with van der Waals surface area (Å²) >= 11 is 0. The fraction of sp³-hybridized carbons (Fsp3) is 0.583. The molecule has 2 heterocycles. The van der Waals surface area contributed by atoms with Gasteiger partial charge in [0.2, 0.25) is 0 Å². The van der Waals surface area contributed by atoms with Gasteiger partial charge in [-0.05, 0) is 26.2 Å². The number of hydrogen-bond donors (Lipinski definition) is 2. The van der Waals surface area contributed by atoms with Crippen LogP contribution in [0.15, 0.2) is 6.58 Å². The molecule has 2 amide bonds. The summed E-state index contributed by atoms with van der Waals surface area (Å²) in [6.45, 7) is 6.25. The molecule has 0 spiro atoms. The number of amides is 2. The lowest BCUT2D eigenvalue weighted by atomic mass is 10.1. The Morgan fingerprint density at radius 2 is 2.16 bits per heavy atom. The van der Waals surface area contributed by atoms with E-state index >= 15 is 0 Å². The summed E-state index contributed by atoms with van der Waals surface area (Å²) < 4.78 is 0. The second-order valence-electron chi connectivity index (χ2n) is 4.78. The van der Waals surface area contributed by atoms with E-state index in [9.17, 15) is 9.90 Å². The summed E-state index contributed by atoms with van der Waals surface area (Å²) in [5.41, 5.74) is 1.18. The summed E-state index contributed by atoms with van der Waals surface area (Å²) in [4.78, 5) is 15.2. The molecule has 0 saturated heterocycles. The predicted octanol–water partition coefficient (Wildman–Crippen LogP) is 1.20. The summed E-state index contributed by atoms with van der Waals surface area (Å²) in [5.74, 6) is 0.509. The molecule has 19 heavy (non-hydrogen) atoms. The maximum atomic E-state index is 12.2. The van der Waals surface area contributed by atoms with Gasteiger partial charge < -0.3 is 5.11 Å². The molecule has 0 aliphatic carbocycles. The van der Waals surface area contributed by atoms with Crippen molar-refractivity contribution in [2.24, 2.45) is 0 Å². The topological polar surface area (TPSA) is 85.4 Å². The molecular weight excluding hydrogens is 246 g/mol. The van der Waals surface area contributed by atoms with Gasteiger partial charge in [-0.1, -0.05) is 6.58 Å². The minimum absolute atomic E-state index is 0.150. The number of aromatic amines is 1. The molecule has 1 aromatic rings. The van der Waals surface area contributed by atoms with Crippen molar-refractivity contribution in [1.82, 2.24) is 20.3 Å². The number of nitrogens with one attached hydrogen (secondary N) is 1. The fourth-order valence-corrected chi connectivity index (χ4v) is 2.11. The lowest BCUT2D eigenvalue weighted by molar-refractivity contribution is 0.179. The van der Waals surface area contributed by atoms with Gasteiger partial charge in [0.25, 0.3) is 0 Å². The average molecular weight is 265 g/mol. The number of H-pyrrole nitrogens is 1. The van der Waals surface area contributed by atoms with Crippen molar-refractivity contribution in [3.8, 4) is 0 Å². The van der Waals surface area contributed by atoms with E-state index < -0.39 is 0 Å². The monoisotopic (exact) mass is 265 g/mol. The number of aliphatic hydroxyl groups is 1. The third kappa shape index (κ3) is 2.60. The molecule has 7 nitrogen and oxygen atoms in total. The van der Waals surface area contributed by atoms with E-state index in [4.69, 9.17) is 0 Å². The van der Waals surface area contributed by atoms with Crippen LogP contribution in [0.1, 0.15) is 31.9 Å². The minimum atomic E-state index is -0.301. The Hall–Kier alpha value is -1.89. The molecule has 0 radical (unpaired) electrons. The maximum Gasteiger partial charge on any atom is 0.330 e. The summed E-state index contributed by atoms with van der Waals surface area (Å²) in [6.07, 6.45) is 2.12. The van der Waals surface area contributed by atoms with Gasteiger partial charge in [0.15, 0.2) is 11.5 Å². The molecule has 0 aromatic carbocycles. The van der Waals surface area contributed by atoms with Gasteiger partial charge in [0.05, 0.1) is 11.8 Å². The van der Waals surface area contributed by atoms with Crippen molar-refractivity contribution in [3.05, 3.63) is 12.3 Å². The van der Waals surface area contributed by atoms with Crippen LogP contribution in [-0.4, -0.2) is 51.1 Å². The SMILES string of the molecule is C=C1c2n[nH]nc2N(C)C(=O)N1CCCC[C@@H](C)O. The van der Waals surface area contributed by atoms with E-state index in [0.29, 0.717) is 23.8 Å². The van der Waals surface area contributed by atoms with Crippen molar-refractivity contribution < 1.29 is 9.90 Å². The number of carbonyl (C=O) groups excluding carboxylic acids is 1. The van der Waals surface area contributed by atoms with Gasteiger partial charge in [-0.25, -0.2) is 4.79 Å². The largest absolute Gasteiger partial charge is 0.393 e. The van der Waals surface area contributed by atoms with Crippen molar-refractivity contribution in [3.63, 3.8) is 0 Å². The van der Waals surface area contributed by atoms with Gasteiger partial charge in [-0.15, -0.1) is 5.10 Å². The number of hydrogen-bond acceptors (Lipinski definition) is 4. The lowest BCUT2D eigenvalue weighted by Gasteiger charge is -2.32. The second-order valence-corrected chi connectivity index (χ2v) is 4.78. The molecule has 2 N–H and O–H groups in total. The number of carbonyl (C=O) groups is 1. The smallest absolute Gasteiger partial charge is 0.330 e. The Labute approximate surface area is 111 Å². The number of unbranched alkanes of at least 4 members (excludes halogenated alkanes) is 1. The second kappa shape index (κ2) is 5.40. The standard InChI is InChI=1S/C12H19N5O2/c1-8(18)6-4-5-7-17-9(2)10-11(14-15-13-10)16(3)12(17)19/h8,18H,2,4-7H2,1,3H3,(H,13,14,15)/t8-/m1/s1. The van der Waals surface area contributed by atoms with Gasteiger partial charge in [0.1, 0.15) is 0 Å². The number of fused-ring (bicyclic) bond motifs is 1. The highest BCUT2D eigenvalue weighted by Crippen LogP contribution is 2.30. The Morgan fingerprint density at radius 1 is 1.42 bits per heavy atom. The van der Waals surface area contributed by atoms with Crippen LogP contribution in [0.4, 0.5) is 10.6 Å². The Kier molecular flexibility index (Phi) is 3.84. The van der Waals surface area contributed by atoms with Gasteiger partial charge in [-0.2, -0.15) is 10.3 Å². The van der Waals surface area contributed by atoms with Crippen LogP contribution in [0.25, 0.3) is 5.70 Å². The quantitative estimate of drug-likeness (QED) is 0.783. The number of aromatic nitrogens is 3. The van der Waals surface area contributed by atoms with E-state index in [1.165, 1.54) is 4.90 Å². The number of urea groups is 1. The third-order valence-corrected chi connectivity index (χ3v) is 3.22. The van der Waals surface area contributed by atoms with Crippen LogP contribution >= 0.6 is 0 Å². The predicted molar refractivity (Wildman–Crippen MR) is 71.5 cm³/mol. The van der Waals surface area contributed by atoms with Crippen LogP contribution in [-0.2, 0) is 0 Å². The van der Waals surface area contributed by atoms with E-state index in [0.717, 1.165) is 19.3 Å². The number of anilines is 1. The molecular formula is C12H19N5O2. The van der Waals surface area contributed by atoms with E-state index in [-0.39, 0.29) is 12.1 Å². The third-order valence-electron chi connectivity index (χ3n) is 3.22. The highest BCUT2D eigenvalue weighted by molar-refractivity contribution is 6.01. The fourth-order valence-electron chi connectivity index (χ4n) is 2.11. The molecule has 0 unspecified atom stereocenters. The summed E-state index contributed by atoms with van der Waals surface area (Å²) in [5, 5.41) is 19.7. The first-order valence-corrected chi connectivity index (χ1v) is 6.35. The molecule has 7 heteroatoms. The lowest BCUT2D eigenvalue weighted by Crippen LogP contribution is -2.44. The molecule has 1 aromatic heterocycles. The van der Waals surface area contributed by atoms with Crippen molar-refractivity contribution in [2.75, 3.05) is 18.5 Å². The van der Waals surface area contributed by atoms with Crippen LogP contribution in [0.2, 0.25) is 0 Å². The first-order valence-electron chi connectivity index (χ1n) is 6.35. The molecule has 0 bridgehead atoms. The Balaban J connectivity index is 2.02. The zero-order valence-electron chi connectivity index (χ0n) is 11.3. The van der Waals surface area contributed by atoms with Crippen LogP contribution < -0.4 is 4.90 Å². The number of nitrogens with zero attached hydrogens (tertiary/aromatic N) is 4. The van der Waals surface area contributed by atoms with E-state index in [2.05, 4.69) is 22.0 Å². The molecule has 1 aliphatic rings. The van der Waals surface area contributed by atoms with Crippen LogP contribution in [0, 0.1) is 0 Å². The molecule has 1 aliphatic heterocycles. The van der Waals surface area contributed by atoms with Gasteiger partial charge in [-0.3, -0.25) is 9.80 Å². The zero-order chi connectivity index (χ0) is 14.0. The summed E-state index contributed by atoms with van der Waals surface area (Å²) in [7, 11) is 1.67. The number of rotatable bonds is 5. The molecule has 0 fully saturated rings. The Bertz CT molecular complexity index is 482.